The largest absolute Gasteiger partial charge is 0.493 e. The highest BCUT2D eigenvalue weighted by Crippen LogP contribution is 2.39. The number of hydrogen-bond acceptors (Lipinski definition) is 6. The highest BCUT2D eigenvalue weighted by Gasteiger charge is 2.21. The van der Waals surface area contributed by atoms with Crippen LogP contribution in [0.2, 0.25) is 0 Å². The van der Waals surface area contributed by atoms with Gasteiger partial charge in [0, 0.05) is 25.2 Å². The Morgan fingerprint density at radius 3 is 2.27 bits per heavy atom. The highest BCUT2D eigenvalue weighted by atomic mass is 16.5. The number of anilines is 2. The van der Waals surface area contributed by atoms with Gasteiger partial charge in [-0.1, -0.05) is 12.1 Å². The van der Waals surface area contributed by atoms with E-state index in [2.05, 4.69) is 10.2 Å². The first-order valence-electron chi connectivity index (χ1n) is 10.5. The minimum absolute atomic E-state index is 0.262. The van der Waals surface area contributed by atoms with Crippen LogP contribution in [0.5, 0.6) is 17.2 Å². The van der Waals surface area contributed by atoms with Crippen LogP contribution in [-0.4, -0.2) is 52.0 Å². The zero-order chi connectivity index (χ0) is 21.3. The van der Waals surface area contributed by atoms with Gasteiger partial charge in [0.15, 0.2) is 0 Å². The van der Waals surface area contributed by atoms with Gasteiger partial charge in [0.2, 0.25) is 0 Å². The zero-order valence-corrected chi connectivity index (χ0v) is 17.9. The van der Waals surface area contributed by atoms with Crippen LogP contribution in [0.15, 0.2) is 36.4 Å². The third-order valence-electron chi connectivity index (χ3n) is 4.69. The lowest BCUT2D eigenvalue weighted by atomic mass is 10.1. The second-order valence-corrected chi connectivity index (χ2v) is 6.66. The standard InChI is InChI=1S/C23H30N2O5/c1-4-28-20-10-8-7-9-17(20)23(26)24-18-15-22(30-6-3)19(16-21(18)29-5-2)25-11-13-27-14-12-25/h7-10,15-16H,4-6,11-14H2,1-3H3,(H,24,26). The molecule has 1 heterocycles. The fraction of sp³-hybridized carbons (Fsp3) is 0.435. The molecule has 0 bridgehead atoms. The molecular formula is C23H30N2O5. The summed E-state index contributed by atoms with van der Waals surface area (Å²) in [6.07, 6.45) is 0. The second-order valence-electron chi connectivity index (χ2n) is 6.66. The van der Waals surface area contributed by atoms with E-state index in [-0.39, 0.29) is 5.91 Å². The molecule has 7 heteroatoms. The summed E-state index contributed by atoms with van der Waals surface area (Å²) in [6, 6.07) is 11.0. The number of morpholine rings is 1. The molecule has 0 unspecified atom stereocenters. The molecule has 0 aliphatic carbocycles. The summed E-state index contributed by atoms with van der Waals surface area (Å²) in [6.45, 7) is 10.1. The molecule has 3 rings (SSSR count). The minimum atomic E-state index is -0.262. The molecule has 162 valence electrons. The van der Waals surface area contributed by atoms with Crippen molar-refractivity contribution in [2.45, 2.75) is 20.8 Å². The summed E-state index contributed by atoms with van der Waals surface area (Å²) in [5.41, 5.74) is 1.97. The number of nitrogens with zero attached hydrogens (tertiary/aromatic N) is 1. The maximum atomic E-state index is 13.0. The topological polar surface area (TPSA) is 69.3 Å². The first-order valence-corrected chi connectivity index (χ1v) is 10.5. The molecule has 0 spiro atoms. The van der Waals surface area contributed by atoms with E-state index in [4.69, 9.17) is 18.9 Å². The number of carbonyl (C=O) groups excluding carboxylic acids is 1. The van der Waals surface area contributed by atoms with E-state index >= 15 is 0 Å². The van der Waals surface area contributed by atoms with Crippen molar-refractivity contribution in [3.8, 4) is 17.2 Å². The Labute approximate surface area is 177 Å². The molecule has 30 heavy (non-hydrogen) atoms. The Bertz CT molecular complexity index is 849. The van der Waals surface area contributed by atoms with Gasteiger partial charge in [0.25, 0.3) is 5.91 Å². The van der Waals surface area contributed by atoms with Crippen molar-refractivity contribution in [3.05, 3.63) is 42.0 Å². The predicted molar refractivity (Wildman–Crippen MR) is 117 cm³/mol. The molecule has 1 aliphatic heterocycles. The van der Waals surface area contributed by atoms with Gasteiger partial charge < -0.3 is 29.2 Å². The number of carbonyl (C=O) groups is 1. The second kappa shape index (κ2) is 10.7. The van der Waals surface area contributed by atoms with Crippen LogP contribution < -0.4 is 24.4 Å². The van der Waals surface area contributed by atoms with Gasteiger partial charge in [0.05, 0.1) is 50.0 Å². The number of benzene rings is 2. The number of hydrogen-bond donors (Lipinski definition) is 1. The van der Waals surface area contributed by atoms with Crippen molar-refractivity contribution in [1.29, 1.82) is 0 Å². The fourth-order valence-corrected chi connectivity index (χ4v) is 3.37. The number of amides is 1. The summed E-state index contributed by atoms with van der Waals surface area (Å²) in [5, 5.41) is 2.97. The van der Waals surface area contributed by atoms with E-state index in [1.54, 1.807) is 12.1 Å². The third kappa shape index (κ3) is 5.16. The van der Waals surface area contributed by atoms with Crippen molar-refractivity contribution < 1.29 is 23.7 Å². The van der Waals surface area contributed by atoms with E-state index in [0.717, 1.165) is 18.8 Å². The average Bonchev–Trinajstić information content (AvgIpc) is 2.77. The normalized spacial score (nSPS) is 13.6. The highest BCUT2D eigenvalue weighted by molar-refractivity contribution is 6.07. The Morgan fingerprint density at radius 1 is 0.933 bits per heavy atom. The Hall–Kier alpha value is -2.93. The van der Waals surface area contributed by atoms with Crippen LogP contribution in [0, 0.1) is 0 Å². The van der Waals surface area contributed by atoms with Crippen LogP contribution in [0.4, 0.5) is 11.4 Å². The van der Waals surface area contributed by atoms with Gasteiger partial charge in [-0.3, -0.25) is 4.79 Å². The number of para-hydroxylation sites is 1. The van der Waals surface area contributed by atoms with E-state index < -0.39 is 0 Å². The molecule has 0 aromatic heterocycles. The molecule has 7 nitrogen and oxygen atoms in total. The van der Waals surface area contributed by atoms with Crippen molar-refractivity contribution in [3.63, 3.8) is 0 Å². The summed E-state index contributed by atoms with van der Waals surface area (Å²) in [5.74, 6) is 1.59. The van der Waals surface area contributed by atoms with E-state index in [0.29, 0.717) is 61.5 Å². The van der Waals surface area contributed by atoms with Crippen LogP contribution in [0.3, 0.4) is 0 Å². The van der Waals surface area contributed by atoms with Crippen molar-refractivity contribution in [1.82, 2.24) is 0 Å². The average molecular weight is 415 g/mol. The number of ether oxygens (including phenoxy) is 4. The molecule has 1 aliphatic rings. The molecule has 0 radical (unpaired) electrons. The van der Waals surface area contributed by atoms with Gasteiger partial charge >= 0.3 is 0 Å². The molecule has 0 atom stereocenters. The van der Waals surface area contributed by atoms with Gasteiger partial charge in [-0.2, -0.15) is 0 Å². The Kier molecular flexibility index (Phi) is 7.79. The predicted octanol–water partition coefficient (Wildman–Crippen LogP) is 3.97. The molecule has 2 aromatic rings. The minimum Gasteiger partial charge on any atom is -0.493 e. The van der Waals surface area contributed by atoms with Gasteiger partial charge in [0.1, 0.15) is 17.2 Å². The van der Waals surface area contributed by atoms with E-state index in [9.17, 15) is 4.79 Å². The smallest absolute Gasteiger partial charge is 0.259 e. The fourth-order valence-electron chi connectivity index (χ4n) is 3.37. The van der Waals surface area contributed by atoms with Crippen LogP contribution in [0.1, 0.15) is 31.1 Å². The molecular weight excluding hydrogens is 384 g/mol. The monoisotopic (exact) mass is 414 g/mol. The maximum absolute atomic E-state index is 13.0. The Morgan fingerprint density at radius 2 is 1.57 bits per heavy atom. The maximum Gasteiger partial charge on any atom is 0.259 e. The zero-order valence-electron chi connectivity index (χ0n) is 17.9. The molecule has 1 amide bonds. The van der Waals surface area contributed by atoms with Gasteiger partial charge in [-0.25, -0.2) is 0 Å². The van der Waals surface area contributed by atoms with Gasteiger partial charge in [-0.15, -0.1) is 0 Å². The summed E-state index contributed by atoms with van der Waals surface area (Å²) in [4.78, 5) is 15.2. The van der Waals surface area contributed by atoms with Crippen LogP contribution >= 0.6 is 0 Å². The van der Waals surface area contributed by atoms with Crippen molar-refractivity contribution in [2.75, 3.05) is 56.3 Å². The lowest BCUT2D eigenvalue weighted by Crippen LogP contribution is -2.36. The van der Waals surface area contributed by atoms with Crippen molar-refractivity contribution in [2.24, 2.45) is 0 Å². The first kappa shape index (κ1) is 21.8. The summed E-state index contributed by atoms with van der Waals surface area (Å²) < 4.78 is 22.8. The molecule has 1 saturated heterocycles. The SMILES string of the molecule is CCOc1cc(N2CCOCC2)c(OCC)cc1NC(=O)c1ccccc1OCC. The van der Waals surface area contributed by atoms with Crippen molar-refractivity contribution >= 4 is 17.3 Å². The molecule has 1 N–H and O–H groups in total. The molecule has 1 fully saturated rings. The summed E-state index contributed by atoms with van der Waals surface area (Å²) >= 11 is 0. The molecule has 0 saturated carbocycles. The Balaban J connectivity index is 1.94. The van der Waals surface area contributed by atoms with E-state index in [1.165, 1.54) is 0 Å². The van der Waals surface area contributed by atoms with Gasteiger partial charge in [-0.05, 0) is 32.9 Å². The lowest BCUT2D eigenvalue weighted by Gasteiger charge is -2.31. The third-order valence-corrected chi connectivity index (χ3v) is 4.69. The van der Waals surface area contributed by atoms with E-state index in [1.807, 2.05) is 45.0 Å². The summed E-state index contributed by atoms with van der Waals surface area (Å²) in [7, 11) is 0. The number of nitrogens with one attached hydrogen (secondary N) is 1. The molecule has 2 aromatic carbocycles. The van der Waals surface area contributed by atoms with Crippen LogP contribution in [-0.2, 0) is 4.74 Å². The first-order chi connectivity index (χ1) is 14.7. The number of rotatable bonds is 9. The quantitative estimate of drug-likeness (QED) is 0.670. The lowest BCUT2D eigenvalue weighted by molar-refractivity contribution is 0.102. The van der Waals surface area contributed by atoms with Crippen LogP contribution in [0.25, 0.3) is 0 Å².